The lowest BCUT2D eigenvalue weighted by Crippen LogP contribution is -2.66. The van der Waals surface area contributed by atoms with Gasteiger partial charge in [-0.3, -0.25) is 4.79 Å². The van der Waals surface area contributed by atoms with Crippen LogP contribution >= 0.6 is 0 Å². The second-order valence-corrected chi connectivity index (χ2v) is 23.9. The average molecular weight is 1240 g/mol. The number of ether oxygens (including phenoxy) is 6. The molecule has 0 aromatic carbocycles. The molecule has 0 bridgehead atoms. The van der Waals surface area contributed by atoms with Crippen molar-refractivity contribution in [2.45, 2.75) is 324 Å². The van der Waals surface area contributed by atoms with E-state index in [0.717, 1.165) is 70.6 Å². The van der Waals surface area contributed by atoms with Crippen molar-refractivity contribution in [1.82, 2.24) is 5.32 Å². The number of nitrogens with one attached hydrogen (secondary N) is 1. The molecule has 3 saturated heterocycles. The molecule has 17 atom stereocenters. The van der Waals surface area contributed by atoms with Crippen molar-refractivity contribution in [3.8, 4) is 0 Å². The van der Waals surface area contributed by atoms with E-state index in [1.54, 1.807) is 6.08 Å². The Hall–Kier alpha value is -2.77. The molecular weight excluding hydrogens is 1120 g/mol. The molecule has 17 unspecified atom stereocenters. The molecule has 0 aromatic rings. The maximum Gasteiger partial charge on any atom is 0.220 e. The standard InChI is InChI=1S/C68H119NO18/c1-3-5-7-9-11-13-15-17-19-21-23-24-25-26-28-30-32-34-36-38-40-42-44-46-56(74)69-51(52(73)45-43-41-39-37-35-33-31-29-27-22-20-18-16-14-12-10-8-6-4-2)50-82-66-62(80)59(77)64(54(48-71)84-66)87-68-63(81)60(78)65(55(49-72)85-68)86-67-61(79)58(76)57(75)53(47-70)83-67/h15,17,21,23,25-27,29,35,37,43,45,51-55,57-68,70-73,75-81H,3-14,16,18-20,22,24,28,30-34,36,38-42,44,46-50H2,1-2H3,(H,69,74)/b17-15-,23-21-,26-25-,29-27+,37-35+,45-43+. The largest absolute Gasteiger partial charge is 0.394 e. The lowest BCUT2D eigenvalue weighted by Gasteiger charge is -2.48. The molecule has 0 saturated carbocycles. The first kappa shape index (κ1) is 78.5. The van der Waals surface area contributed by atoms with Crippen LogP contribution in [0.4, 0.5) is 0 Å². The fourth-order valence-electron chi connectivity index (χ4n) is 10.9. The van der Waals surface area contributed by atoms with Crippen molar-refractivity contribution in [2.24, 2.45) is 0 Å². The van der Waals surface area contributed by atoms with Crippen LogP contribution in [0, 0.1) is 0 Å². The van der Waals surface area contributed by atoms with Gasteiger partial charge in [0, 0.05) is 6.42 Å². The summed E-state index contributed by atoms with van der Waals surface area (Å²) in [5.41, 5.74) is 0. The molecule has 0 radical (unpaired) electrons. The summed E-state index contributed by atoms with van der Waals surface area (Å²) >= 11 is 0. The van der Waals surface area contributed by atoms with E-state index in [4.69, 9.17) is 28.4 Å². The predicted octanol–water partition coefficient (Wildman–Crippen LogP) is 8.16. The van der Waals surface area contributed by atoms with E-state index >= 15 is 0 Å². The van der Waals surface area contributed by atoms with Crippen molar-refractivity contribution in [3.05, 3.63) is 72.9 Å². The van der Waals surface area contributed by atoms with E-state index in [1.165, 1.54) is 116 Å². The van der Waals surface area contributed by atoms with Crippen LogP contribution in [-0.2, 0) is 33.2 Å². The number of aliphatic hydroxyl groups is 11. The number of rotatable bonds is 50. The molecule has 0 aromatic heterocycles. The molecule has 87 heavy (non-hydrogen) atoms. The summed E-state index contributed by atoms with van der Waals surface area (Å²) in [6.07, 6.45) is 34.4. The quantitative estimate of drug-likeness (QED) is 0.0202. The molecule has 3 fully saturated rings. The Balaban J connectivity index is 1.48. The minimum absolute atomic E-state index is 0.220. The molecule has 0 spiro atoms. The lowest BCUT2D eigenvalue weighted by atomic mass is 9.96. The second-order valence-electron chi connectivity index (χ2n) is 23.9. The zero-order valence-electron chi connectivity index (χ0n) is 53.0. The van der Waals surface area contributed by atoms with Gasteiger partial charge in [-0.25, -0.2) is 0 Å². The molecule has 19 heteroatoms. The van der Waals surface area contributed by atoms with Gasteiger partial charge in [-0.2, -0.15) is 0 Å². The Bertz CT molecular complexity index is 1860. The van der Waals surface area contributed by atoms with Crippen LogP contribution in [0.1, 0.15) is 219 Å². The van der Waals surface area contributed by atoms with Crippen molar-refractivity contribution in [3.63, 3.8) is 0 Å². The van der Waals surface area contributed by atoms with Crippen LogP contribution in [0.3, 0.4) is 0 Å². The van der Waals surface area contributed by atoms with Gasteiger partial charge in [-0.15, -0.1) is 0 Å². The summed E-state index contributed by atoms with van der Waals surface area (Å²) in [5, 5.41) is 120. The summed E-state index contributed by atoms with van der Waals surface area (Å²) in [7, 11) is 0. The van der Waals surface area contributed by atoms with E-state index in [9.17, 15) is 61.0 Å². The van der Waals surface area contributed by atoms with Crippen molar-refractivity contribution < 1.29 is 89.4 Å². The van der Waals surface area contributed by atoms with Gasteiger partial charge < -0.3 is 89.9 Å². The van der Waals surface area contributed by atoms with E-state index in [1.807, 2.05) is 6.08 Å². The highest BCUT2D eigenvalue weighted by molar-refractivity contribution is 5.76. The monoisotopic (exact) mass is 1240 g/mol. The fourth-order valence-corrected chi connectivity index (χ4v) is 10.9. The number of allylic oxidation sites excluding steroid dienone is 11. The molecule has 0 aliphatic carbocycles. The van der Waals surface area contributed by atoms with E-state index in [-0.39, 0.29) is 18.9 Å². The van der Waals surface area contributed by atoms with Crippen LogP contribution < -0.4 is 5.32 Å². The fraction of sp³-hybridized carbons (Fsp3) is 0.809. The van der Waals surface area contributed by atoms with Gasteiger partial charge >= 0.3 is 0 Å². The molecule has 3 heterocycles. The Labute approximate surface area is 521 Å². The number of carbonyl (C=O) groups is 1. The third-order valence-electron chi connectivity index (χ3n) is 16.5. The van der Waals surface area contributed by atoms with Gasteiger partial charge in [0.05, 0.1) is 38.6 Å². The zero-order chi connectivity index (χ0) is 63.3. The van der Waals surface area contributed by atoms with E-state index < -0.39 is 124 Å². The minimum atomic E-state index is -1.99. The summed E-state index contributed by atoms with van der Waals surface area (Å²) in [5.74, 6) is -0.299. The summed E-state index contributed by atoms with van der Waals surface area (Å²) in [6, 6.07) is -1.00. The van der Waals surface area contributed by atoms with E-state index in [2.05, 4.69) is 79.9 Å². The van der Waals surface area contributed by atoms with Gasteiger partial charge in [0.15, 0.2) is 18.9 Å². The van der Waals surface area contributed by atoms with E-state index in [0.29, 0.717) is 12.8 Å². The van der Waals surface area contributed by atoms with Crippen LogP contribution in [0.15, 0.2) is 72.9 Å². The highest BCUT2D eigenvalue weighted by atomic mass is 16.8. The summed E-state index contributed by atoms with van der Waals surface area (Å²) < 4.78 is 34.3. The van der Waals surface area contributed by atoms with Gasteiger partial charge in [-0.05, 0) is 83.5 Å². The highest BCUT2D eigenvalue weighted by Gasteiger charge is 2.53. The van der Waals surface area contributed by atoms with Gasteiger partial charge in [0.2, 0.25) is 5.91 Å². The molecule has 3 rings (SSSR count). The average Bonchev–Trinajstić information content (AvgIpc) is 2.58. The Morgan fingerprint density at radius 1 is 0.414 bits per heavy atom. The van der Waals surface area contributed by atoms with Crippen LogP contribution in [0.5, 0.6) is 0 Å². The third kappa shape index (κ3) is 32.4. The molecule has 504 valence electrons. The van der Waals surface area contributed by atoms with Crippen molar-refractivity contribution in [2.75, 3.05) is 26.4 Å². The third-order valence-corrected chi connectivity index (χ3v) is 16.5. The summed E-state index contributed by atoms with van der Waals surface area (Å²) in [6.45, 7) is 1.68. The SMILES string of the molecule is CCCCCCC/C=C\C/C=C\C/C=C\CCCCCCCCCCC(=O)NC(COC1OC(CO)C(OC2OC(CO)C(OC3OC(CO)C(O)C(O)C3O)C(O)C2O)C(O)C1O)C(O)/C=C/CC/C=C/CC/C=C/CCCCCCCCCCC. The number of amides is 1. The molecule has 3 aliphatic heterocycles. The molecule has 12 N–H and O–H groups in total. The Kier molecular flexibility index (Phi) is 45.0. The van der Waals surface area contributed by atoms with Crippen molar-refractivity contribution in [1.29, 1.82) is 0 Å². The maximum atomic E-state index is 13.4. The van der Waals surface area contributed by atoms with Crippen LogP contribution in [0.25, 0.3) is 0 Å². The number of aliphatic hydroxyl groups excluding tert-OH is 11. The maximum absolute atomic E-state index is 13.4. The van der Waals surface area contributed by atoms with Crippen LogP contribution in [-0.4, -0.2) is 193 Å². The smallest absolute Gasteiger partial charge is 0.220 e. The molecule has 19 nitrogen and oxygen atoms in total. The van der Waals surface area contributed by atoms with Crippen molar-refractivity contribution >= 4 is 5.91 Å². The number of carbonyl (C=O) groups excluding carboxylic acids is 1. The molecular formula is C68H119NO18. The topological polar surface area (TPSA) is 307 Å². The second kappa shape index (κ2) is 49.9. The number of hydrogen-bond acceptors (Lipinski definition) is 18. The first-order chi connectivity index (χ1) is 42.3. The van der Waals surface area contributed by atoms with Gasteiger partial charge in [0.1, 0.15) is 73.2 Å². The van der Waals surface area contributed by atoms with Crippen LogP contribution in [0.2, 0.25) is 0 Å². The highest BCUT2D eigenvalue weighted by Crippen LogP contribution is 2.33. The van der Waals surface area contributed by atoms with Gasteiger partial charge in [0.25, 0.3) is 0 Å². The Morgan fingerprint density at radius 2 is 0.770 bits per heavy atom. The zero-order valence-corrected chi connectivity index (χ0v) is 53.0. The summed E-state index contributed by atoms with van der Waals surface area (Å²) in [4.78, 5) is 13.4. The van der Waals surface area contributed by atoms with Gasteiger partial charge in [-0.1, -0.05) is 202 Å². The number of unbranched alkanes of at least 4 members (excludes halogenated alkanes) is 24. The first-order valence-electron chi connectivity index (χ1n) is 33.7. The minimum Gasteiger partial charge on any atom is -0.394 e. The lowest BCUT2D eigenvalue weighted by molar-refractivity contribution is -0.379. The predicted molar refractivity (Wildman–Crippen MR) is 337 cm³/mol. The normalized spacial score (nSPS) is 29.0. The molecule has 1 amide bonds. The molecule has 3 aliphatic rings. The number of hydrogen-bond donors (Lipinski definition) is 12. The first-order valence-corrected chi connectivity index (χ1v) is 33.7. The Morgan fingerprint density at radius 3 is 1.23 bits per heavy atom.